The minimum absolute atomic E-state index is 0.0988. The van der Waals surface area contributed by atoms with Crippen LogP contribution in [0.3, 0.4) is 0 Å². The summed E-state index contributed by atoms with van der Waals surface area (Å²) in [6.45, 7) is 0. The predicted octanol–water partition coefficient (Wildman–Crippen LogP) is 3.99. The van der Waals surface area contributed by atoms with Crippen LogP contribution in [0.2, 0.25) is 0 Å². The number of ketones is 1. The van der Waals surface area contributed by atoms with Crippen molar-refractivity contribution >= 4 is 5.78 Å². The van der Waals surface area contributed by atoms with E-state index in [9.17, 15) is 9.18 Å². The van der Waals surface area contributed by atoms with Crippen LogP contribution in [0.15, 0.2) is 18.2 Å². The number of benzene rings is 1. The molecular formula is C15H19FO2. The number of ether oxygens (including phenoxy) is 1. The molecule has 0 amide bonds. The highest BCUT2D eigenvalue weighted by molar-refractivity contribution is 5.96. The maximum atomic E-state index is 13.9. The van der Waals surface area contributed by atoms with Crippen molar-refractivity contribution in [3.8, 4) is 5.75 Å². The summed E-state index contributed by atoms with van der Waals surface area (Å²) in [6, 6.07) is 4.74. The van der Waals surface area contributed by atoms with Gasteiger partial charge in [0.25, 0.3) is 0 Å². The molecule has 0 unspecified atom stereocenters. The van der Waals surface area contributed by atoms with E-state index in [1.165, 1.54) is 32.4 Å². The minimum Gasteiger partial charge on any atom is -0.494 e. The Balaban J connectivity index is 2.08. The van der Waals surface area contributed by atoms with Gasteiger partial charge in [0, 0.05) is 6.42 Å². The fourth-order valence-corrected chi connectivity index (χ4v) is 2.65. The molecule has 18 heavy (non-hydrogen) atoms. The van der Waals surface area contributed by atoms with Gasteiger partial charge < -0.3 is 4.74 Å². The molecule has 0 aliphatic heterocycles. The molecule has 0 bridgehead atoms. The highest BCUT2D eigenvalue weighted by Crippen LogP contribution is 2.29. The number of rotatable bonds is 4. The van der Waals surface area contributed by atoms with Crippen molar-refractivity contribution < 1.29 is 13.9 Å². The third kappa shape index (κ3) is 2.89. The molecule has 1 fully saturated rings. The lowest BCUT2D eigenvalue weighted by atomic mass is 9.84. The van der Waals surface area contributed by atoms with Gasteiger partial charge in [-0.05, 0) is 18.1 Å². The van der Waals surface area contributed by atoms with Crippen molar-refractivity contribution in [2.45, 2.75) is 38.5 Å². The third-order valence-electron chi connectivity index (χ3n) is 3.68. The molecule has 0 N–H and O–H groups in total. The summed E-state index contributed by atoms with van der Waals surface area (Å²) in [5, 5.41) is 0. The second-order valence-electron chi connectivity index (χ2n) is 4.95. The number of hydrogen-bond acceptors (Lipinski definition) is 2. The molecule has 0 saturated heterocycles. The van der Waals surface area contributed by atoms with E-state index in [0.717, 1.165) is 12.8 Å². The summed E-state index contributed by atoms with van der Waals surface area (Å²) < 4.78 is 18.8. The number of hydrogen-bond donors (Lipinski definition) is 0. The first-order valence-corrected chi connectivity index (χ1v) is 6.58. The van der Waals surface area contributed by atoms with E-state index in [1.807, 2.05) is 0 Å². The van der Waals surface area contributed by atoms with Crippen LogP contribution in [0.1, 0.15) is 48.9 Å². The number of Topliss-reactive ketones (excluding diaryl/α,β-unsaturated/α-hetero) is 1. The molecule has 1 saturated carbocycles. The Morgan fingerprint density at radius 3 is 2.72 bits per heavy atom. The molecule has 1 aromatic carbocycles. The summed E-state index contributed by atoms with van der Waals surface area (Å²) in [5.41, 5.74) is 0.167. The van der Waals surface area contributed by atoms with Gasteiger partial charge in [-0.25, -0.2) is 4.39 Å². The van der Waals surface area contributed by atoms with Crippen molar-refractivity contribution in [2.24, 2.45) is 5.92 Å². The summed E-state index contributed by atoms with van der Waals surface area (Å²) in [5.74, 6) is -0.0551. The fraction of sp³-hybridized carbons (Fsp3) is 0.533. The lowest BCUT2D eigenvalue weighted by Crippen LogP contribution is -2.13. The van der Waals surface area contributed by atoms with E-state index in [0.29, 0.717) is 12.3 Å². The van der Waals surface area contributed by atoms with Crippen LogP contribution >= 0.6 is 0 Å². The van der Waals surface area contributed by atoms with Crippen molar-refractivity contribution in [2.75, 3.05) is 7.11 Å². The zero-order valence-corrected chi connectivity index (χ0v) is 10.7. The van der Waals surface area contributed by atoms with E-state index in [-0.39, 0.29) is 17.1 Å². The van der Waals surface area contributed by atoms with Gasteiger partial charge in [0.05, 0.1) is 12.7 Å². The van der Waals surface area contributed by atoms with Crippen molar-refractivity contribution in [1.29, 1.82) is 0 Å². The summed E-state index contributed by atoms with van der Waals surface area (Å²) in [7, 11) is 1.41. The van der Waals surface area contributed by atoms with Gasteiger partial charge in [-0.3, -0.25) is 4.79 Å². The topological polar surface area (TPSA) is 26.3 Å². The van der Waals surface area contributed by atoms with Crippen LogP contribution in [-0.2, 0) is 0 Å². The average molecular weight is 250 g/mol. The molecule has 0 radical (unpaired) electrons. The lowest BCUT2D eigenvalue weighted by Gasteiger charge is -2.20. The molecule has 2 nitrogen and oxygen atoms in total. The standard InChI is InChI=1S/C15H19FO2/c1-18-14-9-5-8-12(15(14)16)13(17)10-11-6-3-2-4-7-11/h5,8-9,11H,2-4,6-7,10H2,1H3. The quantitative estimate of drug-likeness (QED) is 0.755. The largest absolute Gasteiger partial charge is 0.494 e. The monoisotopic (exact) mass is 250 g/mol. The number of carbonyl (C=O) groups excluding carboxylic acids is 1. The van der Waals surface area contributed by atoms with Crippen molar-refractivity contribution in [3.63, 3.8) is 0 Å². The summed E-state index contributed by atoms with van der Waals surface area (Å²) in [4.78, 5) is 12.1. The molecular weight excluding hydrogens is 231 g/mol. The second-order valence-corrected chi connectivity index (χ2v) is 4.95. The molecule has 1 aliphatic rings. The smallest absolute Gasteiger partial charge is 0.175 e. The molecule has 98 valence electrons. The molecule has 0 aromatic heterocycles. The number of carbonyl (C=O) groups is 1. The molecule has 0 atom stereocenters. The highest BCUT2D eigenvalue weighted by Gasteiger charge is 2.21. The third-order valence-corrected chi connectivity index (χ3v) is 3.68. The molecule has 1 aromatic rings. The van der Waals surface area contributed by atoms with Gasteiger partial charge in [-0.2, -0.15) is 0 Å². The predicted molar refractivity (Wildman–Crippen MR) is 68.5 cm³/mol. The van der Waals surface area contributed by atoms with Crippen LogP contribution in [0.25, 0.3) is 0 Å². The van der Waals surface area contributed by atoms with Gasteiger partial charge in [0.15, 0.2) is 17.3 Å². The zero-order chi connectivity index (χ0) is 13.0. The van der Waals surface area contributed by atoms with Gasteiger partial charge in [-0.1, -0.05) is 38.2 Å². The zero-order valence-electron chi connectivity index (χ0n) is 10.7. The van der Waals surface area contributed by atoms with Crippen LogP contribution < -0.4 is 4.74 Å². The Bertz CT molecular complexity index is 423. The van der Waals surface area contributed by atoms with Gasteiger partial charge >= 0.3 is 0 Å². The molecule has 0 heterocycles. The maximum absolute atomic E-state index is 13.9. The first-order chi connectivity index (χ1) is 8.72. The fourth-order valence-electron chi connectivity index (χ4n) is 2.65. The number of halogens is 1. The van der Waals surface area contributed by atoms with E-state index >= 15 is 0 Å². The Kier molecular flexibility index (Phi) is 4.34. The van der Waals surface area contributed by atoms with E-state index in [4.69, 9.17) is 4.74 Å². The molecule has 1 aliphatic carbocycles. The average Bonchev–Trinajstić information content (AvgIpc) is 2.40. The van der Waals surface area contributed by atoms with Gasteiger partial charge in [-0.15, -0.1) is 0 Å². The van der Waals surface area contributed by atoms with E-state index < -0.39 is 5.82 Å². The van der Waals surface area contributed by atoms with Crippen molar-refractivity contribution in [3.05, 3.63) is 29.6 Å². The second kappa shape index (κ2) is 5.98. The minimum atomic E-state index is -0.527. The molecule has 0 spiro atoms. The summed E-state index contributed by atoms with van der Waals surface area (Å²) >= 11 is 0. The normalized spacial score (nSPS) is 16.6. The molecule has 2 rings (SSSR count). The van der Waals surface area contributed by atoms with E-state index in [1.54, 1.807) is 12.1 Å². The Morgan fingerprint density at radius 2 is 2.06 bits per heavy atom. The lowest BCUT2D eigenvalue weighted by molar-refractivity contribution is 0.0945. The maximum Gasteiger partial charge on any atom is 0.175 e. The number of methoxy groups -OCH3 is 1. The first-order valence-electron chi connectivity index (χ1n) is 6.58. The van der Waals surface area contributed by atoms with Crippen LogP contribution in [0.4, 0.5) is 4.39 Å². The summed E-state index contributed by atoms with van der Waals surface area (Å²) in [6.07, 6.45) is 6.30. The Labute approximate surface area is 107 Å². The van der Waals surface area contributed by atoms with Crippen LogP contribution in [0.5, 0.6) is 5.75 Å². The van der Waals surface area contributed by atoms with E-state index in [2.05, 4.69) is 0 Å². The van der Waals surface area contributed by atoms with Gasteiger partial charge in [0.2, 0.25) is 0 Å². The Morgan fingerprint density at radius 1 is 1.33 bits per heavy atom. The first kappa shape index (κ1) is 13.1. The van der Waals surface area contributed by atoms with Crippen molar-refractivity contribution in [1.82, 2.24) is 0 Å². The SMILES string of the molecule is COc1cccc(C(=O)CC2CCCCC2)c1F. The molecule has 3 heteroatoms. The van der Waals surface area contributed by atoms with Crippen LogP contribution in [0, 0.1) is 11.7 Å². The van der Waals surface area contributed by atoms with Crippen LogP contribution in [-0.4, -0.2) is 12.9 Å². The van der Waals surface area contributed by atoms with Gasteiger partial charge in [0.1, 0.15) is 0 Å². The highest BCUT2D eigenvalue weighted by atomic mass is 19.1. The Hall–Kier alpha value is -1.38.